The Bertz CT molecular complexity index is 3700. The maximum absolute atomic E-state index is 14.4. The molecule has 8 bridgehead atoms. The number of fused-ring (bicyclic) bond motifs is 8. The summed E-state index contributed by atoms with van der Waals surface area (Å²) in [6, 6.07) is -0.686. The molecule has 0 radical (unpaired) electrons. The number of carboxylic acid groups (broad SMARTS) is 1. The standard InChI is InChI=1S/C58H79N15O17S.K/c1-8-31-26(2)35-21-40-49(30(6)75)28(4)37(67-40)19-36-27(3)32(51(70-36)33(18-48(81)90-7)52-50(56(85)62-14-16-91(87,88)89)29(5)38(71-52)20-39(31)66-35)17-44(76)64-23-45(77)68-34(11-9-13-63-58(60)61)54(83)65-24-46(78)69-41(22-47(79)80)55(84)72-42(25-74)57(86)73-15-10-12-43(73)53(59)82;/h19-21,26-27,31-32,34,41-43,67,71,74H,8-18,22-25H2,1-7H3,(H2,59,82)(H,62,85)(H,64,76)(H,65,83)(H,68,77)(H,69,78)(H,72,84)(H,79,80)(H4,60,61,63)(H,87,88,89);/q;+1/p-1/t26-,27+,31-,32+,34+,41+,42+,43+;/m1./s1. The predicted octanol–water partition coefficient (Wildman–Crippen LogP) is -4.61. The van der Waals surface area contributed by atoms with Gasteiger partial charge in [0.05, 0.1) is 77.8 Å². The normalized spacial score (nSPS) is 17.8. The van der Waals surface area contributed by atoms with Crippen molar-refractivity contribution >= 4 is 103 Å². The molecule has 16 N–H and O–H groups in total. The summed E-state index contributed by atoms with van der Waals surface area (Å²) in [5.74, 6) is -13.2. The van der Waals surface area contributed by atoms with E-state index in [0.717, 1.165) is 12.0 Å². The fraction of sp³-hybridized carbons (Fsp3) is 0.517. The van der Waals surface area contributed by atoms with Crippen LogP contribution in [0.2, 0.25) is 0 Å². The van der Waals surface area contributed by atoms with Gasteiger partial charge in [-0.05, 0) is 82.2 Å². The zero-order valence-corrected chi connectivity index (χ0v) is 56.3. The minimum atomic E-state index is -4.78. The van der Waals surface area contributed by atoms with Gasteiger partial charge < -0.3 is 83.5 Å². The van der Waals surface area contributed by atoms with Crippen molar-refractivity contribution in [3.05, 3.63) is 68.8 Å². The van der Waals surface area contributed by atoms with Gasteiger partial charge in [-0.3, -0.25) is 67.7 Å². The number of likely N-dealkylation sites (tertiary alicyclic amines) is 1. The maximum Gasteiger partial charge on any atom is 1.00 e. The number of amides is 8. The summed E-state index contributed by atoms with van der Waals surface area (Å²) < 4.78 is 40.1. The molecule has 8 amide bonds. The number of aromatic amines is 2. The summed E-state index contributed by atoms with van der Waals surface area (Å²) in [6.45, 7) is 7.45. The van der Waals surface area contributed by atoms with E-state index in [2.05, 4.69) is 46.9 Å². The van der Waals surface area contributed by atoms with Crippen LogP contribution >= 0.6 is 0 Å². The number of nitrogens with zero attached hydrogens (tertiary/aromatic N) is 4. The van der Waals surface area contributed by atoms with Crippen LogP contribution < -0.4 is 100 Å². The molecule has 34 heteroatoms. The van der Waals surface area contributed by atoms with Crippen molar-refractivity contribution in [1.29, 1.82) is 0 Å². The third kappa shape index (κ3) is 19.2. The molecule has 8 atom stereocenters. The van der Waals surface area contributed by atoms with Gasteiger partial charge in [0, 0.05) is 89.0 Å². The number of hydrogen-bond acceptors (Lipinski definition) is 19. The monoisotopic (exact) mass is 1330 g/mol. The van der Waals surface area contributed by atoms with Gasteiger partial charge in [0.25, 0.3) is 5.91 Å². The number of H-pyrrole nitrogens is 2. The Morgan fingerprint density at radius 1 is 0.804 bits per heavy atom. The van der Waals surface area contributed by atoms with Crippen molar-refractivity contribution in [3.8, 4) is 0 Å². The molecule has 0 aliphatic carbocycles. The van der Waals surface area contributed by atoms with Crippen LogP contribution in [0.3, 0.4) is 0 Å². The third-order valence-electron chi connectivity index (χ3n) is 16.2. The quantitative estimate of drug-likeness (QED) is 0.00619. The molecule has 6 heterocycles. The predicted molar refractivity (Wildman–Crippen MR) is 325 cm³/mol. The van der Waals surface area contributed by atoms with Gasteiger partial charge in [-0.25, -0.2) is 8.42 Å². The van der Waals surface area contributed by atoms with E-state index >= 15 is 0 Å². The van der Waals surface area contributed by atoms with Crippen LogP contribution in [0.15, 0.2) is 23.2 Å². The van der Waals surface area contributed by atoms with E-state index in [1.54, 1.807) is 32.9 Å². The van der Waals surface area contributed by atoms with Crippen molar-refractivity contribution in [3.63, 3.8) is 0 Å². The van der Waals surface area contributed by atoms with Gasteiger partial charge in [0.15, 0.2) is 11.7 Å². The zero-order chi connectivity index (χ0) is 67.3. The Balaban J connectivity index is 0.0000154. The van der Waals surface area contributed by atoms with Gasteiger partial charge in [-0.15, -0.1) is 0 Å². The molecule has 0 unspecified atom stereocenters. The summed E-state index contributed by atoms with van der Waals surface area (Å²) in [6.07, 6.45) is -0.804. The first-order valence-electron chi connectivity index (χ1n) is 29.4. The molecular formula is C58H78KN15O17S. The largest absolute Gasteiger partial charge is 1.00 e. The number of nitrogens with one attached hydrogen (secondary N) is 8. The molecule has 3 aliphatic heterocycles. The summed E-state index contributed by atoms with van der Waals surface area (Å²) in [5, 5.41) is 33.8. The number of aliphatic hydroxyl groups is 1. The van der Waals surface area contributed by atoms with E-state index < -0.39 is 157 Å². The van der Waals surface area contributed by atoms with Gasteiger partial charge in [0.2, 0.25) is 41.4 Å². The van der Waals surface area contributed by atoms with Crippen molar-refractivity contribution in [2.24, 2.45) is 22.2 Å². The Morgan fingerprint density at radius 3 is 2.02 bits per heavy atom. The average Bonchev–Trinajstić information content (AvgIpc) is 1.60. The number of carboxylic acids is 1. The SMILES string of the molecule is CC[C@H]1c2cc3[nH]c(c(CC(=O)OC)c4nc(cc5[nH]c(cc(n2)[C@@H]1C)c(C(C)=O)c5C)[C@@H](C)[C@@H]4CC(=O)NCC(=O)N[C@@H](CCCN=C(N)N)C(=O)NCC(=O)N[C@@H](CC(=O)O)C(=O)N[C@@H](CO)C(=O)N1CCC[C@H]1C(N)=O)c(C(=O)NCCS(=O)(=O)[O-])c3C.[K+]. The maximum atomic E-state index is 14.4. The second-order valence-electron chi connectivity index (χ2n) is 22.5. The first-order valence-corrected chi connectivity index (χ1v) is 30.9. The number of aliphatic imine (C=N–C) groups is 1. The first kappa shape index (κ1) is 75.0. The molecule has 1 saturated heterocycles. The number of aliphatic hydroxyl groups excluding tert-OH is 1. The minimum absolute atomic E-state index is 0. The molecule has 3 aromatic rings. The molecule has 494 valence electrons. The fourth-order valence-electron chi connectivity index (χ4n) is 11.5. The zero-order valence-electron chi connectivity index (χ0n) is 52.4. The number of primary amides is 1. The molecule has 3 aliphatic rings. The van der Waals surface area contributed by atoms with E-state index in [1.165, 1.54) is 6.92 Å². The summed E-state index contributed by atoms with van der Waals surface area (Å²) >= 11 is 0. The van der Waals surface area contributed by atoms with Gasteiger partial charge >= 0.3 is 63.3 Å². The van der Waals surface area contributed by atoms with Crippen LogP contribution in [-0.2, 0) is 64.4 Å². The molecule has 92 heavy (non-hydrogen) atoms. The number of aromatic nitrogens is 4. The number of nitrogens with two attached hydrogens (primary N) is 3. The molecule has 6 rings (SSSR count). The number of guanidine groups is 1. The van der Waals surface area contributed by atoms with Crippen molar-refractivity contribution in [1.82, 2.24) is 56.7 Å². The molecule has 3 aromatic heterocycles. The second kappa shape index (κ2) is 33.2. The number of methoxy groups -OCH3 is 1. The number of hydrogen-bond donors (Lipinski definition) is 13. The fourth-order valence-corrected chi connectivity index (χ4v) is 11.8. The number of aryl methyl sites for hydroxylation is 2. The summed E-state index contributed by atoms with van der Waals surface area (Å²) in [4.78, 5) is 168. The number of aliphatic carboxylic acids is 1. The Kier molecular flexibility index (Phi) is 27.1. The average molecular weight is 1330 g/mol. The van der Waals surface area contributed by atoms with Crippen LogP contribution in [0.1, 0.15) is 156 Å². The molecule has 0 saturated carbocycles. The van der Waals surface area contributed by atoms with Crippen molar-refractivity contribution in [2.45, 2.75) is 141 Å². The van der Waals surface area contributed by atoms with Crippen LogP contribution in [0.25, 0.3) is 22.1 Å². The number of ether oxygens (including phenoxy) is 1. The Morgan fingerprint density at radius 2 is 1.41 bits per heavy atom. The van der Waals surface area contributed by atoms with E-state index in [1.807, 2.05) is 19.9 Å². The summed E-state index contributed by atoms with van der Waals surface area (Å²) in [7, 11) is -3.63. The van der Waals surface area contributed by atoms with Gasteiger partial charge in [-0.2, -0.15) is 0 Å². The van der Waals surface area contributed by atoms with Crippen LogP contribution in [0.4, 0.5) is 0 Å². The number of Topliss-reactive ketones (excluding diaryl/α,β-unsaturated/α-hetero) is 1. The van der Waals surface area contributed by atoms with Crippen LogP contribution in [-0.4, -0.2) is 195 Å². The molecule has 0 spiro atoms. The molecule has 1 fully saturated rings. The summed E-state index contributed by atoms with van der Waals surface area (Å²) in [5.41, 5.74) is 20.8. The Labute approximate surface area is 571 Å². The molecular weight excluding hydrogens is 1250 g/mol. The third-order valence-corrected chi connectivity index (χ3v) is 16.9. The topological polar surface area (TPSA) is 518 Å². The van der Waals surface area contributed by atoms with Crippen LogP contribution in [0, 0.1) is 13.8 Å². The van der Waals surface area contributed by atoms with Crippen LogP contribution in [0.5, 0.6) is 0 Å². The van der Waals surface area contributed by atoms with E-state index in [0.29, 0.717) is 63.2 Å². The number of ketones is 1. The molecule has 32 nitrogen and oxygen atoms in total. The van der Waals surface area contributed by atoms with E-state index in [-0.39, 0.29) is 130 Å². The van der Waals surface area contributed by atoms with Crippen molar-refractivity contribution < 1.29 is 132 Å². The number of rotatable bonds is 28. The minimum Gasteiger partial charge on any atom is -0.748 e. The first-order chi connectivity index (χ1) is 42.9. The van der Waals surface area contributed by atoms with E-state index in [9.17, 15) is 75.9 Å². The Hall–Kier alpha value is -7.73. The smallest absolute Gasteiger partial charge is 0.748 e. The number of esters is 1. The van der Waals surface area contributed by atoms with Gasteiger partial charge in [-0.1, -0.05) is 20.8 Å². The van der Waals surface area contributed by atoms with Gasteiger partial charge in [0.1, 0.15) is 24.2 Å². The molecule has 0 aromatic carbocycles. The number of carbonyl (C=O) groups is 11. The van der Waals surface area contributed by atoms with E-state index in [4.69, 9.17) is 31.9 Å². The number of carbonyl (C=O) groups excluding carboxylic acids is 10. The second-order valence-corrected chi connectivity index (χ2v) is 24.0. The van der Waals surface area contributed by atoms with Crippen molar-refractivity contribution in [2.75, 3.05) is 52.2 Å².